The van der Waals surface area contributed by atoms with Crippen molar-refractivity contribution in [1.82, 2.24) is 9.88 Å². The lowest BCUT2D eigenvalue weighted by Crippen LogP contribution is -2.54. The quantitative estimate of drug-likeness (QED) is 0.718. The maximum Gasteiger partial charge on any atom is 0.246 e. The normalized spacial score (nSPS) is 20.4. The molecule has 0 unspecified atom stereocenters. The molecule has 1 aromatic rings. The van der Waals surface area contributed by atoms with Crippen LogP contribution in [0.1, 0.15) is 12.0 Å². The molecule has 108 valence electrons. The molecule has 3 heterocycles. The minimum absolute atomic E-state index is 0.0344. The number of hydrogen-bond donors (Lipinski definition) is 0. The summed E-state index contributed by atoms with van der Waals surface area (Å²) in [5.74, 6) is 1.38. The van der Waals surface area contributed by atoms with Crippen molar-refractivity contribution in [2.24, 2.45) is 0 Å². The zero-order chi connectivity index (χ0) is 14.8. The Hall–Kier alpha value is -2.55. The maximum atomic E-state index is 11.8. The molecule has 0 N–H and O–H groups in total. The van der Waals surface area contributed by atoms with Gasteiger partial charge in [-0.05, 0) is 6.08 Å². The highest BCUT2D eigenvalue weighted by Gasteiger charge is 2.33. The average Bonchev–Trinajstić information content (AvgIpc) is 2.71. The second-order valence-corrected chi connectivity index (χ2v) is 5.13. The number of rotatable bonds is 1. The lowest BCUT2D eigenvalue weighted by Gasteiger charge is -2.40. The zero-order valence-electron chi connectivity index (χ0n) is 11.7. The smallest absolute Gasteiger partial charge is 0.246 e. The molecule has 6 nitrogen and oxygen atoms in total. The first-order valence-electron chi connectivity index (χ1n) is 6.94. The molecular formula is C15H16N4O2. The number of pyridine rings is 1. The Balaban J connectivity index is 1.88. The molecule has 0 bridgehead atoms. The SMILES string of the molecule is C=CC(=O)N1CCN2c3ncc(C#N)cc3OCC[C@@H]2C1. The first-order chi connectivity index (χ1) is 10.2. The monoisotopic (exact) mass is 284 g/mol. The van der Waals surface area contributed by atoms with E-state index in [1.54, 1.807) is 12.3 Å². The van der Waals surface area contributed by atoms with E-state index in [9.17, 15) is 4.79 Å². The van der Waals surface area contributed by atoms with Gasteiger partial charge in [0.2, 0.25) is 5.91 Å². The van der Waals surface area contributed by atoms with E-state index in [4.69, 9.17) is 10.00 Å². The molecule has 0 radical (unpaired) electrons. The van der Waals surface area contributed by atoms with Crippen LogP contribution in [0.3, 0.4) is 0 Å². The van der Waals surface area contributed by atoms with E-state index in [0.29, 0.717) is 37.6 Å². The highest BCUT2D eigenvalue weighted by atomic mass is 16.5. The van der Waals surface area contributed by atoms with Crippen molar-refractivity contribution < 1.29 is 9.53 Å². The molecule has 0 spiro atoms. The first-order valence-corrected chi connectivity index (χ1v) is 6.94. The Morgan fingerprint density at radius 2 is 2.43 bits per heavy atom. The second-order valence-electron chi connectivity index (χ2n) is 5.13. The fourth-order valence-electron chi connectivity index (χ4n) is 2.84. The molecule has 1 saturated heterocycles. The fraction of sp³-hybridized carbons (Fsp3) is 0.400. The molecule has 1 atom stereocenters. The van der Waals surface area contributed by atoms with E-state index in [-0.39, 0.29) is 11.9 Å². The Morgan fingerprint density at radius 3 is 3.19 bits per heavy atom. The van der Waals surface area contributed by atoms with E-state index in [0.717, 1.165) is 12.2 Å². The summed E-state index contributed by atoms with van der Waals surface area (Å²) in [4.78, 5) is 20.1. The number of anilines is 1. The van der Waals surface area contributed by atoms with E-state index in [1.165, 1.54) is 6.08 Å². The summed E-state index contributed by atoms with van der Waals surface area (Å²) in [5.41, 5.74) is 0.493. The zero-order valence-corrected chi connectivity index (χ0v) is 11.7. The van der Waals surface area contributed by atoms with Gasteiger partial charge in [0.25, 0.3) is 0 Å². The summed E-state index contributed by atoms with van der Waals surface area (Å²) in [5, 5.41) is 8.95. The Labute approximate surface area is 123 Å². The van der Waals surface area contributed by atoms with Crippen molar-refractivity contribution in [3.8, 4) is 11.8 Å². The Bertz CT molecular complexity index is 623. The topological polar surface area (TPSA) is 69.5 Å². The van der Waals surface area contributed by atoms with Crippen LogP contribution in [0.15, 0.2) is 24.9 Å². The predicted octanol–water partition coefficient (Wildman–Crippen LogP) is 0.939. The van der Waals surface area contributed by atoms with Crippen LogP contribution in [0.25, 0.3) is 0 Å². The van der Waals surface area contributed by atoms with E-state index in [1.807, 2.05) is 4.90 Å². The van der Waals surface area contributed by atoms with Gasteiger partial charge < -0.3 is 14.5 Å². The molecule has 3 rings (SSSR count). The van der Waals surface area contributed by atoms with Gasteiger partial charge in [0.05, 0.1) is 18.2 Å². The van der Waals surface area contributed by atoms with Gasteiger partial charge in [-0.2, -0.15) is 5.26 Å². The average molecular weight is 284 g/mol. The van der Waals surface area contributed by atoms with Gasteiger partial charge in [-0.15, -0.1) is 0 Å². The lowest BCUT2D eigenvalue weighted by molar-refractivity contribution is -0.126. The summed E-state index contributed by atoms with van der Waals surface area (Å²) < 4.78 is 5.73. The van der Waals surface area contributed by atoms with Gasteiger partial charge in [0.1, 0.15) is 6.07 Å². The molecule has 2 aliphatic rings. The van der Waals surface area contributed by atoms with Crippen molar-refractivity contribution in [1.29, 1.82) is 5.26 Å². The van der Waals surface area contributed by atoms with E-state index < -0.39 is 0 Å². The number of amides is 1. The summed E-state index contributed by atoms with van der Waals surface area (Å²) in [7, 11) is 0. The predicted molar refractivity (Wildman–Crippen MR) is 77.0 cm³/mol. The number of carbonyl (C=O) groups is 1. The number of ether oxygens (including phenoxy) is 1. The largest absolute Gasteiger partial charge is 0.490 e. The Morgan fingerprint density at radius 1 is 1.57 bits per heavy atom. The Kier molecular flexibility index (Phi) is 3.48. The molecule has 1 aromatic heterocycles. The first kappa shape index (κ1) is 13.4. The molecule has 6 heteroatoms. The van der Waals surface area contributed by atoms with Crippen molar-refractivity contribution in [3.63, 3.8) is 0 Å². The molecule has 0 aliphatic carbocycles. The summed E-state index contributed by atoms with van der Waals surface area (Å²) >= 11 is 0. The van der Waals surface area contributed by atoms with Crippen molar-refractivity contribution >= 4 is 11.7 Å². The molecule has 0 aromatic carbocycles. The van der Waals surface area contributed by atoms with Crippen LogP contribution in [0.4, 0.5) is 5.82 Å². The molecule has 0 saturated carbocycles. The number of fused-ring (bicyclic) bond motifs is 3. The molecule has 21 heavy (non-hydrogen) atoms. The molecule has 2 aliphatic heterocycles. The number of hydrogen-bond acceptors (Lipinski definition) is 5. The number of piperazine rings is 1. The molecule has 1 amide bonds. The van der Waals surface area contributed by atoms with Gasteiger partial charge in [-0.1, -0.05) is 6.58 Å². The van der Waals surface area contributed by atoms with Gasteiger partial charge in [0, 0.05) is 38.3 Å². The lowest BCUT2D eigenvalue weighted by atomic mass is 10.1. The maximum absolute atomic E-state index is 11.8. The van der Waals surface area contributed by atoms with Gasteiger partial charge >= 0.3 is 0 Å². The third kappa shape index (κ3) is 2.42. The van der Waals surface area contributed by atoms with Crippen LogP contribution in [-0.4, -0.2) is 48.1 Å². The summed E-state index contributed by atoms with van der Waals surface area (Å²) in [6.45, 7) is 6.09. The van der Waals surface area contributed by atoms with Crippen molar-refractivity contribution in [3.05, 3.63) is 30.5 Å². The summed E-state index contributed by atoms with van der Waals surface area (Å²) in [6, 6.07) is 3.99. The number of aromatic nitrogens is 1. The van der Waals surface area contributed by atoms with Crippen LogP contribution < -0.4 is 9.64 Å². The second kappa shape index (κ2) is 5.44. The standard InChI is InChI=1S/C15H16N4O2/c1-2-14(20)18-4-5-19-12(10-18)3-6-21-13-7-11(8-16)9-17-15(13)19/h2,7,9,12H,1,3-6,10H2/t12-/m1/s1. The molecule has 1 fully saturated rings. The van der Waals surface area contributed by atoms with Gasteiger partial charge in [-0.25, -0.2) is 4.98 Å². The van der Waals surface area contributed by atoms with Crippen LogP contribution in [-0.2, 0) is 4.79 Å². The van der Waals surface area contributed by atoms with Crippen LogP contribution in [0.2, 0.25) is 0 Å². The number of nitriles is 1. The highest BCUT2D eigenvalue weighted by molar-refractivity contribution is 5.87. The van der Waals surface area contributed by atoms with E-state index in [2.05, 4.69) is 22.5 Å². The molecular weight excluding hydrogens is 268 g/mol. The fourth-order valence-corrected chi connectivity index (χ4v) is 2.84. The number of carbonyl (C=O) groups excluding carboxylic acids is 1. The van der Waals surface area contributed by atoms with Crippen LogP contribution in [0.5, 0.6) is 5.75 Å². The minimum atomic E-state index is -0.0344. The third-order valence-electron chi connectivity index (χ3n) is 3.91. The van der Waals surface area contributed by atoms with E-state index >= 15 is 0 Å². The third-order valence-corrected chi connectivity index (χ3v) is 3.91. The van der Waals surface area contributed by atoms with Crippen molar-refractivity contribution in [2.45, 2.75) is 12.5 Å². The van der Waals surface area contributed by atoms with Gasteiger partial charge in [-0.3, -0.25) is 4.79 Å². The van der Waals surface area contributed by atoms with Crippen LogP contribution >= 0.6 is 0 Å². The van der Waals surface area contributed by atoms with Crippen LogP contribution in [0, 0.1) is 11.3 Å². The van der Waals surface area contributed by atoms with Gasteiger partial charge in [0.15, 0.2) is 11.6 Å². The summed E-state index contributed by atoms with van der Waals surface area (Å²) in [6.07, 6.45) is 3.74. The number of nitrogens with zero attached hydrogens (tertiary/aromatic N) is 4. The van der Waals surface area contributed by atoms with Crippen molar-refractivity contribution in [2.75, 3.05) is 31.1 Å². The minimum Gasteiger partial charge on any atom is -0.490 e. The highest BCUT2D eigenvalue weighted by Crippen LogP contribution is 2.33.